The minimum atomic E-state index is 0.412. The summed E-state index contributed by atoms with van der Waals surface area (Å²) in [5, 5.41) is 4.30. The summed E-state index contributed by atoms with van der Waals surface area (Å²) in [6.45, 7) is 3.48. The van der Waals surface area contributed by atoms with Crippen molar-refractivity contribution in [3.8, 4) is 0 Å². The van der Waals surface area contributed by atoms with Crippen molar-refractivity contribution >= 4 is 11.6 Å². The summed E-state index contributed by atoms with van der Waals surface area (Å²) in [5.74, 6) is 0. The SMILES string of the molecule is CO[C@@H]1CCN(C2CCNCC2)[C@@H](Cc2ccc(Cl)cc2)C1. The number of hydrogen-bond acceptors (Lipinski definition) is 3. The third-order valence-corrected chi connectivity index (χ3v) is 5.46. The minimum absolute atomic E-state index is 0.412. The van der Waals surface area contributed by atoms with Crippen LogP contribution >= 0.6 is 11.6 Å². The number of nitrogens with one attached hydrogen (secondary N) is 1. The van der Waals surface area contributed by atoms with Crippen molar-refractivity contribution in [1.29, 1.82) is 0 Å². The Morgan fingerprint density at radius 2 is 1.91 bits per heavy atom. The Morgan fingerprint density at radius 3 is 2.59 bits per heavy atom. The van der Waals surface area contributed by atoms with E-state index in [1.807, 2.05) is 19.2 Å². The van der Waals surface area contributed by atoms with Crippen LogP contribution in [0, 0.1) is 0 Å². The summed E-state index contributed by atoms with van der Waals surface area (Å²) in [7, 11) is 1.85. The molecule has 4 heteroatoms. The quantitative estimate of drug-likeness (QED) is 0.922. The molecule has 0 unspecified atom stereocenters. The molecular weight excluding hydrogens is 296 g/mol. The van der Waals surface area contributed by atoms with E-state index in [2.05, 4.69) is 22.3 Å². The molecule has 1 N–H and O–H groups in total. The zero-order valence-electron chi connectivity index (χ0n) is 13.4. The second kappa shape index (κ2) is 7.78. The van der Waals surface area contributed by atoms with Crippen LogP contribution in [-0.2, 0) is 11.2 Å². The van der Waals surface area contributed by atoms with Crippen LogP contribution in [0.4, 0.5) is 0 Å². The van der Waals surface area contributed by atoms with Crippen molar-refractivity contribution in [3.05, 3.63) is 34.9 Å². The summed E-state index contributed by atoms with van der Waals surface area (Å²) in [6, 6.07) is 9.66. The van der Waals surface area contributed by atoms with Crippen molar-refractivity contribution in [2.45, 2.75) is 50.3 Å². The van der Waals surface area contributed by atoms with E-state index in [9.17, 15) is 0 Å². The number of benzene rings is 1. The van der Waals surface area contributed by atoms with Gasteiger partial charge >= 0.3 is 0 Å². The topological polar surface area (TPSA) is 24.5 Å². The number of nitrogens with zero attached hydrogens (tertiary/aromatic N) is 1. The Bertz CT molecular complexity index is 459. The van der Waals surface area contributed by atoms with E-state index in [4.69, 9.17) is 16.3 Å². The van der Waals surface area contributed by atoms with E-state index < -0.39 is 0 Å². The molecule has 0 saturated carbocycles. The molecule has 1 aromatic rings. The predicted molar refractivity (Wildman–Crippen MR) is 91.6 cm³/mol. The third kappa shape index (κ3) is 4.02. The maximum atomic E-state index is 6.01. The lowest BCUT2D eigenvalue weighted by molar-refractivity contribution is -0.0121. The number of rotatable bonds is 4. The summed E-state index contributed by atoms with van der Waals surface area (Å²) in [4.78, 5) is 2.75. The van der Waals surface area contributed by atoms with Gasteiger partial charge in [-0.25, -0.2) is 0 Å². The molecular formula is C18H27ClN2O. The second-order valence-corrected chi connectivity index (χ2v) is 7.02. The number of hydrogen-bond donors (Lipinski definition) is 1. The van der Waals surface area contributed by atoms with Crippen molar-refractivity contribution in [3.63, 3.8) is 0 Å². The molecule has 0 spiro atoms. The molecule has 0 bridgehead atoms. The summed E-state index contributed by atoms with van der Waals surface area (Å²) >= 11 is 6.01. The number of ether oxygens (including phenoxy) is 1. The van der Waals surface area contributed by atoms with E-state index in [0.717, 1.165) is 43.4 Å². The first-order valence-electron chi connectivity index (χ1n) is 8.50. The van der Waals surface area contributed by atoms with Crippen LogP contribution in [0.2, 0.25) is 5.02 Å². The van der Waals surface area contributed by atoms with Gasteiger partial charge < -0.3 is 10.1 Å². The Balaban J connectivity index is 1.70. The zero-order valence-corrected chi connectivity index (χ0v) is 14.2. The van der Waals surface area contributed by atoms with Crippen LogP contribution in [0.1, 0.15) is 31.2 Å². The maximum Gasteiger partial charge on any atom is 0.0598 e. The molecule has 3 nitrogen and oxygen atoms in total. The van der Waals surface area contributed by atoms with Crippen LogP contribution in [0.3, 0.4) is 0 Å². The van der Waals surface area contributed by atoms with E-state index in [1.165, 1.54) is 24.9 Å². The van der Waals surface area contributed by atoms with Gasteiger partial charge in [0.15, 0.2) is 0 Å². The van der Waals surface area contributed by atoms with E-state index in [1.54, 1.807) is 0 Å². The fourth-order valence-corrected chi connectivity index (χ4v) is 4.08. The molecule has 122 valence electrons. The molecule has 0 radical (unpaired) electrons. The van der Waals surface area contributed by atoms with Gasteiger partial charge in [0, 0.05) is 30.8 Å². The lowest BCUT2D eigenvalue weighted by Gasteiger charge is -2.45. The highest BCUT2D eigenvalue weighted by atomic mass is 35.5. The molecule has 22 heavy (non-hydrogen) atoms. The standard InChI is InChI=1S/C18H27ClN2O/c1-22-18-8-11-21(16-6-9-20-10-7-16)17(13-18)12-14-2-4-15(19)5-3-14/h2-5,16-18,20H,6-13H2,1H3/t17-,18+/m0/s1. The smallest absolute Gasteiger partial charge is 0.0598 e. The molecule has 2 aliphatic heterocycles. The number of methoxy groups -OCH3 is 1. The van der Waals surface area contributed by atoms with Gasteiger partial charge in [0.25, 0.3) is 0 Å². The third-order valence-electron chi connectivity index (χ3n) is 5.21. The summed E-state index contributed by atoms with van der Waals surface area (Å²) in [6.07, 6.45) is 6.36. The van der Waals surface area contributed by atoms with Gasteiger partial charge in [-0.2, -0.15) is 0 Å². The number of halogens is 1. The largest absolute Gasteiger partial charge is 0.381 e. The first kappa shape index (κ1) is 16.3. The monoisotopic (exact) mass is 322 g/mol. The normalized spacial score (nSPS) is 27.9. The van der Waals surface area contributed by atoms with Gasteiger partial charge in [-0.15, -0.1) is 0 Å². The van der Waals surface area contributed by atoms with E-state index >= 15 is 0 Å². The van der Waals surface area contributed by atoms with Crippen molar-refractivity contribution in [2.75, 3.05) is 26.7 Å². The fourth-order valence-electron chi connectivity index (χ4n) is 3.96. The van der Waals surface area contributed by atoms with Crippen LogP contribution in [0.5, 0.6) is 0 Å². The van der Waals surface area contributed by atoms with Crippen molar-refractivity contribution in [1.82, 2.24) is 10.2 Å². The highest BCUT2D eigenvalue weighted by molar-refractivity contribution is 6.30. The molecule has 2 aliphatic rings. The second-order valence-electron chi connectivity index (χ2n) is 6.59. The molecule has 0 aliphatic carbocycles. The molecule has 1 aromatic carbocycles. The first-order valence-corrected chi connectivity index (χ1v) is 8.88. The molecule has 0 amide bonds. The number of likely N-dealkylation sites (tertiary alicyclic amines) is 1. The number of piperidine rings is 2. The van der Waals surface area contributed by atoms with Gasteiger partial charge in [0.2, 0.25) is 0 Å². The first-order chi connectivity index (χ1) is 10.8. The van der Waals surface area contributed by atoms with Crippen LogP contribution in [-0.4, -0.2) is 49.8 Å². The van der Waals surface area contributed by atoms with Crippen LogP contribution in [0.15, 0.2) is 24.3 Å². The Morgan fingerprint density at radius 1 is 1.18 bits per heavy atom. The average molecular weight is 323 g/mol. The van der Waals surface area contributed by atoms with E-state index in [-0.39, 0.29) is 0 Å². The molecule has 3 rings (SSSR count). The zero-order chi connectivity index (χ0) is 15.4. The van der Waals surface area contributed by atoms with Gasteiger partial charge in [0.05, 0.1) is 6.10 Å². The highest BCUT2D eigenvalue weighted by Crippen LogP contribution is 2.28. The minimum Gasteiger partial charge on any atom is -0.381 e. The highest BCUT2D eigenvalue weighted by Gasteiger charge is 2.33. The maximum absolute atomic E-state index is 6.01. The van der Waals surface area contributed by atoms with Crippen molar-refractivity contribution in [2.24, 2.45) is 0 Å². The Hall–Kier alpha value is -0.610. The lowest BCUT2D eigenvalue weighted by atomic mass is 9.90. The molecule has 2 saturated heterocycles. The molecule has 2 fully saturated rings. The summed E-state index contributed by atoms with van der Waals surface area (Å²) in [5.41, 5.74) is 1.38. The van der Waals surface area contributed by atoms with Gasteiger partial charge in [-0.3, -0.25) is 4.90 Å². The van der Waals surface area contributed by atoms with Gasteiger partial charge in [-0.05, 0) is 62.9 Å². The predicted octanol–water partition coefficient (Wildman–Crippen LogP) is 3.11. The average Bonchev–Trinajstić information content (AvgIpc) is 2.57. The van der Waals surface area contributed by atoms with Crippen LogP contribution in [0.25, 0.3) is 0 Å². The fraction of sp³-hybridized carbons (Fsp3) is 0.667. The lowest BCUT2D eigenvalue weighted by Crippen LogP contribution is -2.53. The molecule has 2 heterocycles. The van der Waals surface area contributed by atoms with Gasteiger partial charge in [0.1, 0.15) is 0 Å². The van der Waals surface area contributed by atoms with E-state index in [0.29, 0.717) is 12.1 Å². The molecule has 0 aromatic heterocycles. The van der Waals surface area contributed by atoms with Crippen LogP contribution < -0.4 is 5.32 Å². The van der Waals surface area contributed by atoms with Gasteiger partial charge in [-0.1, -0.05) is 23.7 Å². The Labute approximate surface area is 139 Å². The molecule has 2 atom stereocenters. The summed E-state index contributed by atoms with van der Waals surface area (Å²) < 4.78 is 5.65. The van der Waals surface area contributed by atoms with Crippen molar-refractivity contribution < 1.29 is 4.74 Å². The Kier molecular flexibility index (Phi) is 5.75.